The van der Waals surface area contributed by atoms with Gasteiger partial charge in [-0.2, -0.15) is 18.3 Å². The molecular weight excluding hydrogens is 466 g/mol. The fraction of sp³-hybridized carbons (Fsp3) is 0.240. The second-order valence-corrected chi connectivity index (χ2v) is 9.20. The number of rotatable bonds is 8. The van der Waals surface area contributed by atoms with Gasteiger partial charge in [0.1, 0.15) is 17.3 Å². The van der Waals surface area contributed by atoms with Gasteiger partial charge in [0.05, 0.1) is 17.3 Å². The van der Waals surface area contributed by atoms with Crippen LogP contribution in [0.5, 0.6) is 11.5 Å². The zero-order valence-electron chi connectivity index (χ0n) is 18.6. The van der Waals surface area contributed by atoms with E-state index in [4.69, 9.17) is 4.74 Å². The first-order valence-corrected chi connectivity index (χ1v) is 11.5. The van der Waals surface area contributed by atoms with Crippen LogP contribution in [0, 0.1) is 11.7 Å². The van der Waals surface area contributed by atoms with E-state index in [-0.39, 0.29) is 6.54 Å². The maximum Gasteiger partial charge on any atom is 0.416 e. The van der Waals surface area contributed by atoms with E-state index in [1.807, 2.05) is 22.9 Å². The predicted octanol–water partition coefficient (Wildman–Crippen LogP) is 7.44. The standard InChI is InChI=1S/C25H23F4N3OS/c1-16(2)15-32-23-9-6-21(12-17(23)13-30-32)33-24-10-5-20(26)11-18(24)14-31-34-22-7-3-19(4-8-22)25(27,28)29/h3-13,16,31H,14-15H2,1-2H3. The van der Waals surface area contributed by atoms with E-state index in [2.05, 4.69) is 23.7 Å². The van der Waals surface area contributed by atoms with E-state index >= 15 is 0 Å². The Balaban J connectivity index is 1.45. The summed E-state index contributed by atoms with van der Waals surface area (Å²) < 4.78 is 63.1. The van der Waals surface area contributed by atoms with Gasteiger partial charge >= 0.3 is 6.18 Å². The highest BCUT2D eigenvalue weighted by atomic mass is 32.2. The van der Waals surface area contributed by atoms with Gasteiger partial charge in [0.25, 0.3) is 0 Å². The van der Waals surface area contributed by atoms with Crippen molar-refractivity contribution in [1.29, 1.82) is 0 Å². The highest BCUT2D eigenvalue weighted by Gasteiger charge is 2.29. The molecule has 0 amide bonds. The first-order valence-electron chi connectivity index (χ1n) is 10.7. The SMILES string of the molecule is CC(C)Cn1ncc2cc(Oc3ccc(F)cc3CNSc3ccc(C(F)(F)F)cc3)ccc21. The van der Waals surface area contributed by atoms with Gasteiger partial charge in [-0.15, -0.1) is 0 Å². The molecule has 0 aliphatic heterocycles. The van der Waals surface area contributed by atoms with Gasteiger partial charge in [0.2, 0.25) is 0 Å². The summed E-state index contributed by atoms with van der Waals surface area (Å²) in [4.78, 5) is 0.607. The molecule has 1 N–H and O–H groups in total. The number of nitrogens with zero attached hydrogens (tertiary/aromatic N) is 2. The highest BCUT2D eigenvalue weighted by molar-refractivity contribution is 7.97. The number of ether oxygens (including phenoxy) is 1. The molecule has 178 valence electrons. The Hall–Kier alpha value is -3.04. The third-order valence-electron chi connectivity index (χ3n) is 5.04. The molecule has 0 unspecified atom stereocenters. The molecule has 0 spiro atoms. The van der Waals surface area contributed by atoms with Crippen molar-refractivity contribution in [2.45, 2.75) is 38.0 Å². The van der Waals surface area contributed by atoms with Crippen LogP contribution in [0.25, 0.3) is 10.9 Å². The first kappa shape index (κ1) is 24.1. The fourth-order valence-electron chi connectivity index (χ4n) is 3.44. The predicted molar refractivity (Wildman–Crippen MR) is 125 cm³/mol. The van der Waals surface area contributed by atoms with Gasteiger partial charge in [-0.3, -0.25) is 9.40 Å². The van der Waals surface area contributed by atoms with Gasteiger partial charge in [-0.05, 0) is 78.5 Å². The second kappa shape index (κ2) is 10.1. The van der Waals surface area contributed by atoms with E-state index in [1.54, 1.807) is 12.3 Å². The highest BCUT2D eigenvalue weighted by Crippen LogP contribution is 2.32. The van der Waals surface area contributed by atoms with Crippen LogP contribution in [-0.4, -0.2) is 9.78 Å². The largest absolute Gasteiger partial charge is 0.457 e. The number of alkyl halides is 3. The Morgan fingerprint density at radius 2 is 1.79 bits per heavy atom. The van der Waals surface area contributed by atoms with E-state index in [9.17, 15) is 17.6 Å². The van der Waals surface area contributed by atoms with Crippen molar-refractivity contribution in [1.82, 2.24) is 14.5 Å². The van der Waals surface area contributed by atoms with Crippen molar-refractivity contribution < 1.29 is 22.3 Å². The second-order valence-electron chi connectivity index (χ2n) is 8.24. The summed E-state index contributed by atoms with van der Waals surface area (Å²) >= 11 is 1.16. The number of benzene rings is 3. The van der Waals surface area contributed by atoms with Crippen molar-refractivity contribution in [2.75, 3.05) is 0 Å². The van der Waals surface area contributed by atoms with Gasteiger partial charge < -0.3 is 4.74 Å². The fourth-order valence-corrected chi connectivity index (χ4v) is 4.11. The summed E-state index contributed by atoms with van der Waals surface area (Å²) in [5.41, 5.74) is 0.884. The summed E-state index contributed by atoms with van der Waals surface area (Å²) in [6.45, 7) is 5.32. The van der Waals surface area contributed by atoms with Gasteiger partial charge in [-0.1, -0.05) is 13.8 Å². The normalized spacial score (nSPS) is 12.0. The van der Waals surface area contributed by atoms with Crippen LogP contribution in [-0.2, 0) is 19.3 Å². The molecule has 0 radical (unpaired) electrons. The summed E-state index contributed by atoms with van der Waals surface area (Å²) in [6, 6.07) is 14.8. The van der Waals surface area contributed by atoms with Crippen LogP contribution in [0.4, 0.5) is 17.6 Å². The topological polar surface area (TPSA) is 39.1 Å². The van der Waals surface area contributed by atoms with Gasteiger partial charge in [0.15, 0.2) is 0 Å². The number of halogens is 4. The molecule has 0 aliphatic rings. The van der Waals surface area contributed by atoms with E-state index < -0.39 is 17.6 Å². The molecule has 0 saturated carbocycles. The molecule has 34 heavy (non-hydrogen) atoms. The van der Waals surface area contributed by atoms with Crippen LogP contribution in [0.15, 0.2) is 71.8 Å². The lowest BCUT2D eigenvalue weighted by Crippen LogP contribution is -2.06. The molecule has 9 heteroatoms. The minimum absolute atomic E-state index is 0.243. The molecule has 1 aromatic heterocycles. The molecule has 0 aliphatic carbocycles. The van der Waals surface area contributed by atoms with E-state index in [0.29, 0.717) is 27.9 Å². The minimum Gasteiger partial charge on any atom is -0.457 e. The monoisotopic (exact) mass is 489 g/mol. The van der Waals surface area contributed by atoms with Crippen molar-refractivity contribution in [3.05, 3.63) is 83.8 Å². The number of hydrogen-bond donors (Lipinski definition) is 1. The van der Waals surface area contributed by atoms with Crippen molar-refractivity contribution in [3.8, 4) is 11.5 Å². The molecule has 0 fully saturated rings. The number of hydrogen-bond acceptors (Lipinski definition) is 4. The molecule has 0 atom stereocenters. The molecule has 4 rings (SSSR count). The molecule has 4 aromatic rings. The zero-order chi connectivity index (χ0) is 24.3. The molecule has 1 heterocycles. The molecular formula is C25H23F4N3OS. The summed E-state index contributed by atoms with van der Waals surface area (Å²) in [5, 5.41) is 5.38. The zero-order valence-corrected chi connectivity index (χ0v) is 19.4. The number of aromatic nitrogens is 2. The average Bonchev–Trinajstić information content (AvgIpc) is 3.16. The van der Waals surface area contributed by atoms with Crippen LogP contribution in [0.2, 0.25) is 0 Å². The average molecular weight is 490 g/mol. The van der Waals surface area contributed by atoms with Gasteiger partial charge in [0, 0.05) is 28.9 Å². The Bertz CT molecular complexity index is 1270. The maximum absolute atomic E-state index is 13.9. The summed E-state index contributed by atoms with van der Waals surface area (Å²) in [6.07, 6.45) is -2.58. The third-order valence-corrected chi connectivity index (χ3v) is 5.83. The summed E-state index contributed by atoms with van der Waals surface area (Å²) in [7, 11) is 0. The third kappa shape index (κ3) is 5.90. The first-order chi connectivity index (χ1) is 16.2. The van der Waals surface area contributed by atoms with Gasteiger partial charge in [-0.25, -0.2) is 4.39 Å². The Labute approximate surface area is 199 Å². The molecule has 0 saturated heterocycles. The lowest BCUT2D eigenvalue weighted by Gasteiger charge is -2.13. The van der Waals surface area contributed by atoms with Crippen molar-refractivity contribution in [2.24, 2.45) is 5.92 Å². The number of fused-ring (bicyclic) bond motifs is 1. The Morgan fingerprint density at radius 3 is 2.50 bits per heavy atom. The summed E-state index contributed by atoms with van der Waals surface area (Å²) in [5.74, 6) is 1.14. The molecule has 0 bridgehead atoms. The number of nitrogens with one attached hydrogen (secondary N) is 1. The minimum atomic E-state index is -4.37. The van der Waals surface area contributed by atoms with Crippen LogP contribution < -0.4 is 9.46 Å². The lowest BCUT2D eigenvalue weighted by atomic mass is 10.2. The Morgan fingerprint density at radius 1 is 1.03 bits per heavy atom. The molecule has 4 nitrogen and oxygen atoms in total. The van der Waals surface area contributed by atoms with E-state index in [0.717, 1.165) is 41.5 Å². The lowest BCUT2D eigenvalue weighted by molar-refractivity contribution is -0.137. The Kier molecular flexibility index (Phi) is 7.13. The quantitative estimate of drug-likeness (QED) is 0.206. The van der Waals surface area contributed by atoms with Crippen molar-refractivity contribution >= 4 is 22.9 Å². The maximum atomic E-state index is 13.9. The van der Waals surface area contributed by atoms with E-state index in [1.165, 1.54) is 24.3 Å². The molecule has 3 aromatic carbocycles. The van der Waals surface area contributed by atoms with Crippen molar-refractivity contribution in [3.63, 3.8) is 0 Å². The van der Waals surface area contributed by atoms with Crippen LogP contribution in [0.1, 0.15) is 25.0 Å². The smallest absolute Gasteiger partial charge is 0.416 e. The van der Waals surface area contributed by atoms with Crippen LogP contribution in [0.3, 0.4) is 0 Å². The van der Waals surface area contributed by atoms with Crippen LogP contribution >= 0.6 is 11.9 Å².